The molecule has 0 saturated heterocycles. The van der Waals surface area contributed by atoms with E-state index in [0.717, 1.165) is 18.4 Å². The summed E-state index contributed by atoms with van der Waals surface area (Å²) in [6.45, 7) is 2.15. The Morgan fingerprint density at radius 2 is 1.24 bits per heavy atom. The van der Waals surface area contributed by atoms with E-state index in [4.69, 9.17) is 11.6 Å². The first-order chi connectivity index (χ1) is 17.9. The van der Waals surface area contributed by atoms with Crippen LogP contribution in [0.4, 0.5) is 30.7 Å². The molecule has 0 radical (unpaired) electrons. The van der Waals surface area contributed by atoms with E-state index >= 15 is 4.39 Å². The van der Waals surface area contributed by atoms with Crippen LogP contribution < -0.4 is 4.74 Å². The molecule has 0 bridgehead atoms. The van der Waals surface area contributed by atoms with Gasteiger partial charge in [0.2, 0.25) is 0 Å². The van der Waals surface area contributed by atoms with E-state index in [0.29, 0.717) is 35.7 Å². The van der Waals surface area contributed by atoms with Crippen molar-refractivity contribution in [3.63, 3.8) is 0 Å². The number of alkyl halides is 2. The second kappa shape index (κ2) is 9.66. The number of hydrogen-bond acceptors (Lipinski definition) is 1. The van der Waals surface area contributed by atoms with E-state index in [9.17, 15) is 26.3 Å². The van der Waals surface area contributed by atoms with Crippen LogP contribution in [0.2, 0.25) is 5.02 Å². The van der Waals surface area contributed by atoms with E-state index in [2.05, 4.69) is 11.7 Å². The van der Waals surface area contributed by atoms with E-state index in [1.807, 2.05) is 18.2 Å². The first-order valence-electron chi connectivity index (χ1n) is 11.6. The number of ether oxygens (including phenoxy) is 1. The first kappa shape index (κ1) is 26.1. The van der Waals surface area contributed by atoms with Gasteiger partial charge in [0, 0.05) is 17.7 Å². The zero-order chi connectivity index (χ0) is 27.4. The lowest BCUT2D eigenvalue weighted by Gasteiger charge is -2.20. The van der Waals surface area contributed by atoms with E-state index in [-0.39, 0.29) is 11.1 Å². The van der Waals surface area contributed by atoms with Gasteiger partial charge in [-0.15, -0.1) is 0 Å². The molecule has 1 nitrogen and oxygen atoms in total. The average Bonchev–Trinajstić information content (AvgIpc) is 3.20. The fourth-order valence-corrected chi connectivity index (χ4v) is 4.85. The Morgan fingerprint density at radius 3 is 1.87 bits per heavy atom. The fourth-order valence-electron chi connectivity index (χ4n) is 4.74. The smallest absolute Gasteiger partial charge is 0.429 e. The Hall–Kier alpha value is -3.52. The second-order valence-corrected chi connectivity index (χ2v) is 9.70. The van der Waals surface area contributed by atoms with Crippen LogP contribution in [-0.2, 0) is 19.0 Å². The van der Waals surface area contributed by atoms with Gasteiger partial charge < -0.3 is 4.74 Å². The van der Waals surface area contributed by atoms with Crippen molar-refractivity contribution in [2.45, 2.75) is 25.9 Å². The minimum atomic E-state index is -4.66. The highest BCUT2D eigenvalue weighted by Crippen LogP contribution is 2.39. The molecule has 4 aromatic rings. The maximum Gasteiger partial charge on any atom is 0.432 e. The van der Waals surface area contributed by atoms with Crippen LogP contribution in [0.25, 0.3) is 22.3 Å². The predicted octanol–water partition coefficient (Wildman–Crippen LogP) is 9.23. The molecule has 196 valence electrons. The molecule has 4 aromatic carbocycles. The summed E-state index contributed by atoms with van der Waals surface area (Å²) in [5, 5.41) is -0.957. The van der Waals surface area contributed by atoms with E-state index in [1.165, 1.54) is 23.3 Å². The minimum Gasteiger partial charge on any atom is -0.429 e. The highest BCUT2D eigenvalue weighted by Gasteiger charge is 2.41. The zero-order valence-electron chi connectivity index (χ0n) is 19.7. The summed E-state index contributed by atoms with van der Waals surface area (Å²) in [5.74, 6) is -7.60. The van der Waals surface area contributed by atoms with Gasteiger partial charge in [-0.3, -0.25) is 0 Å². The van der Waals surface area contributed by atoms with Gasteiger partial charge in [0.1, 0.15) is 45.4 Å². The summed E-state index contributed by atoms with van der Waals surface area (Å²) in [6, 6.07) is 11.7. The number of benzene rings is 4. The SMILES string of the molecule is CC1Cc2ccc(-c3ccc(-c4cc(F)c(C(F)(F)Oc5cc(F)c(Cl)c(F)c5)c(F)c4)c(F)c3)cc2C1. The normalized spacial score (nSPS) is 15.0. The lowest BCUT2D eigenvalue weighted by molar-refractivity contribution is -0.189. The molecular formula is C29H18ClF7O. The molecule has 0 aliphatic heterocycles. The van der Waals surface area contributed by atoms with Crippen LogP contribution in [-0.4, -0.2) is 0 Å². The van der Waals surface area contributed by atoms with Crippen LogP contribution in [0.5, 0.6) is 5.75 Å². The molecule has 1 unspecified atom stereocenters. The third-order valence-electron chi connectivity index (χ3n) is 6.49. The van der Waals surface area contributed by atoms with Gasteiger partial charge in [-0.2, -0.15) is 8.78 Å². The Balaban J connectivity index is 1.45. The number of rotatable bonds is 5. The Bertz CT molecular complexity index is 1520. The van der Waals surface area contributed by atoms with Crippen molar-refractivity contribution in [3.05, 3.63) is 111 Å². The average molecular weight is 551 g/mol. The van der Waals surface area contributed by atoms with Crippen molar-refractivity contribution < 1.29 is 35.5 Å². The summed E-state index contributed by atoms with van der Waals surface area (Å²) in [4.78, 5) is 0. The van der Waals surface area contributed by atoms with Gasteiger partial charge in [-0.25, -0.2) is 22.0 Å². The molecule has 38 heavy (non-hydrogen) atoms. The largest absolute Gasteiger partial charge is 0.432 e. The molecule has 5 rings (SSSR count). The van der Waals surface area contributed by atoms with Gasteiger partial charge in [-0.05, 0) is 64.8 Å². The molecule has 1 aliphatic rings. The fraction of sp³-hybridized carbons (Fsp3) is 0.172. The molecule has 0 fully saturated rings. The molecule has 0 heterocycles. The van der Waals surface area contributed by atoms with Gasteiger partial charge >= 0.3 is 6.11 Å². The van der Waals surface area contributed by atoms with Crippen LogP contribution in [0.3, 0.4) is 0 Å². The zero-order valence-corrected chi connectivity index (χ0v) is 20.5. The van der Waals surface area contributed by atoms with Crippen LogP contribution >= 0.6 is 11.6 Å². The molecule has 0 N–H and O–H groups in total. The van der Waals surface area contributed by atoms with Crippen molar-refractivity contribution in [3.8, 4) is 28.0 Å². The third kappa shape index (κ3) is 4.85. The van der Waals surface area contributed by atoms with Crippen molar-refractivity contribution in [1.29, 1.82) is 0 Å². The first-order valence-corrected chi connectivity index (χ1v) is 11.9. The third-order valence-corrected chi connectivity index (χ3v) is 6.85. The van der Waals surface area contributed by atoms with Gasteiger partial charge in [0.15, 0.2) is 0 Å². The molecule has 1 atom stereocenters. The van der Waals surface area contributed by atoms with Crippen LogP contribution in [0, 0.1) is 35.0 Å². The van der Waals surface area contributed by atoms with E-state index in [1.54, 1.807) is 6.07 Å². The maximum atomic E-state index is 15.1. The second-order valence-electron chi connectivity index (χ2n) is 9.33. The Kier molecular flexibility index (Phi) is 6.63. The van der Waals surface area contributed by atoms with Gasteiger partial charge in [0.05, 0.1) is 0 Å². The van der Waals surface area contributed by atoms with Crippen LogP contribution in [0.1, 0.15) is 23.6 Å². The molecule has 0 amide bonds. The summed E-state index contributed by atoms with van der Waals surface area (Å²) >= 11 is 5.31. The summed E-state index contributed by atoms with van der Waals surface area (Å²) < 4.78 is 105. The Morgan fingerprint density at radius 1 is 0.684 bits per heavy atom. The number of fused-ring (bicyclic) bond motifs is 1. The van der Waals surface area contributed by atoms with Crippen LogP contribution in [0.15, 0.2) is 60.7 Å². The number of hydrogen-bond donors (Lipinski definition) is 0. The minimum absolute atomic E-state index is 0.209. The maximum absolute atomic E-state index is 15.1. The quantitative estimate of drug-likeness (QED) is 0.178. The van der Waals surface area contributed by atoms with Gasteiger partial charge in [0.25, 0.3) is 0 Å². The predicted molar refractivity (Wildman–Crippen MR) is 130 cm³/mol. The summed E-state index contributed by atoms with van der Waals surface area (Å²) in [5.41, 5.74) is 1.43. The Labute approximate surface area is 218 Å². The van der Waals surface area contributed by atoms with Crippen molar-refractivity contribution in [2.75, 3.05) is 0 Å². The highest BCUT2D eigenvalue weighted by atomic mass is 35.5. The monoisotopic (exact) mass is 550 g/mol. The molecular weight excluding hydrogens is 533 g/mol. The number of halogens is 8. The van der Waals surface area contributed by atoms with E-state index < -0.39 is 51.5 Å². The van der Waals surface area contributed by atoms with Crippen molar-refractivity contribution in [1.82, 2.24) is 0 Å². The van der Waals surface area contributed by atoms with Crippen molar-refractivity contribution in [2.24, 2.45) is 5.92 Å². The molecule has 0 aromatic heterocycles. The molecule has 0 saturated carbocycles. The lowest BCUT2D eigenvalue weighted by Crippen LogP contribution is -2.25. The van der Waals surface area contributed by atoms with Crippen molar-refractivity contribution >= 4 is 11.6 Å². The lowest BCUT2D eigenvalue weighted by atomic mass is 9.96. The summed E-state index contributed by atoms with van der Waals surface area (Å²) in [6.07, 6.45) is -2.76. The topological polar surface area (TPSA) is 9.23 Å². The standard InChI is InChI=1S/C29H18ClF7O/c1-14-6-15-2-3-16(8-18(15)7-14)17-4-5-21(22(31)9-17)19-10-23(32)27(24(33)11-19)29(36,37)38-20-12-25(34)28(30)26(35)13-20/h2-5,8-14H,6-7H2,1H3. The highest BCUT2D eigenvalue weighted by molar-refractivity contribution is 6.30. The van der Waals surface area contributed by atoms with Gasteiger partial charge in [-0.1, -0.05) is 48.9 Å². The summed E-state index contributed by atoms with van der Waals surface area (Å²) in [7, 11) is 0. The molecule has 9 heteroatoms. The molecule has 0 spiro atoms. The molecule has 1 aliphatic carbocycles.